The molecular formula is C17H21F3N2O2. The number of hydrogen-bond acceptors (Lipinski definition) is 3. The van der Waals surface area contributed by atoms with Crippen molar-refractivity contribution in [1.29, 1.82) is 0 Å². The van der Waals surface area contributed by atoms with Crippen molar-refractivity contribution < 1.29 is 23.1 Å². The number of hydrogen-bond donors (Lipinski definition) is 1. The predicted octanol–water partition coefficient (Wildman–Crippen LogP) is 3.65. The van der Waals surface area contributed by atoms with Crippen LogP contribution in [-0.4, -0.2) is 33.6 Å². The molecule has 0 bridgehead atoms. The van der Waals surface area contributed by atoms with Gasteiger partial charge in [0.2, 0.25) is 5.91 Å². The first-order chi connectivity index (χ1) is 11.3. The number of amides is 1. The maximum Gasteiger partial charge on any atom is 0.438 e. The van der Waals surface area contributed by atoms with Crippen LogP contribution in [-0.2, 0) is 11.2 Å². The van der Waals surface area contributed by atoms with E-state index in [9.17, 15) is 23.1 Å². The highest BCUT2D eigenvalue weighted by molar-refractivity contribution is 5.90. The first-order valence-electron chi connectivity index (χ1n) is 8.00. The largest absolute Gasteiger partial charge is 0.438 e. The number of nitrogens with zero attached hydrogens (tertiary/aromatic N) is 2. The van der Waals surface area contributed by atoms with Crippen LogP contribution in [0.25, 0.3) is 0 Å². The molecule has 1 aliphatic rings. The standard InChI is InChI=1S/C17H21F3N2O2/c1-2-7-14-12-16(24,17(18,19)20)22(21-14)15(23)11-6-10-13-8-4-3-5-9-13/h3-5,8-9,24H,2,6-7,10-12H2,1H3/t16-/m1/s1. The first kappa shape index (κ1) is 18.4. The summed E-state index contributed by atoms with van der Waals surface area (Å²) < 4.78 is 39.7. The number of aliphatic hydroxyl groups is 1. The van der Waals surface area contributed by atoms with Gasteiger partial charge in [-0.25, -0.2) is 0 Å². The minimum atomic E-state index is -4.94. The van der Waals surface area contributed by atoms with Crippen LogP contribution in [0.15, 0.2) is 35.4 Å². The number of rotatable bonds is 6. The zero-order valence-corrected chi connectivity index (χ0v) is 13.5. The zero-order valence-electron chi connectivity index (χ0n) is 13.5. The monoisotopic (exact) mass is 342 g/mol. The molecule has 0 fully saturated rings. The van der Waals surface area contributed by atoms with E-state index in [0.29, 0.717) is 25.7 Å². The Morgan fingerprint density at radius 3 is 2.54 bits per heavy atom. The first-order valence-corrected chi connectivity index (χ1v) is 8.00. The van der Waals surface area contributed by atoms with Crippen molar-refractivity contribution in [3.05, 3.63) is 35.9 Å². The van der Waals surface area contributed by atoms with Gasteiger partial charge in [-0.1, -0.05) is 43.7 Å². The molecule has 132 valence electrons. The summed E-state index contributed by atoms with van der Waals surface area (Å²) in [7, 11) is 0. The molecular weight excluding hydrogens is 321 g/mol. The fourth-order valence-electron chi connectivity index (χ4n) is 2.72. The van der Waals surface area contributed by atoms with E-state index in [1.807, 2.05) is 30.3 Å². The van der Waals surface area contributed by atoms with E-state index < -0.39 is 24.2 Å². The third-order valence-corrected chi connectivity index (χ3v) is 3.97. The van der Waals surface area contributed by atoms with Gasteiger partial charge in [-0.05, 0) is 24.8 Å². The lowest BCUT2D eigenvalue weighted by Gasteiger charge is -2.32. The number of carbonyl (C=O) groups is 1. The zero-order chi connectivity index (χ0) is 17.8. The number of aryl methyl sites for hydroxylation is 1. The third-order valence-electron chi connectivity index (χ3n) is 3.97. The molecule has 1 aromatic rings. The Kier molecular flexibility index (Phi) is 5.64. The Morgan fingerprint density at radius 1 is 1.29 bits per heavy atom. The lowest BCUT2D eigenvalue weighted by molar-refractivity contribution is -0.302. The summed E-state index contributed by atoms with van der Waals surface area (Å²) in [6.45, 7) is 1.81. The SMILES string of the molecule is CCCC1=NN(C(=O)CCCc2ccccc2)[C@](O)(C(F)(F)F)C1. The van der Waals surface area contributed by atoms with Crippen molar-refractivity contribution >= 4 is 11.6 Å². The Balaban J connectivity index is 2.04. The molecule has 0 saturated heterocycles. The minimum absolute atomic E-state index is 0.101. The van der Waals surface area contributed by atoms with E-state index in [4.69, 9.17) is 0 Å². The van der Waals surface area contributed by atoms with Crippen LogP contribution in [0.2, 0.25) is 0 Å². The van der Waals surface area contributed by atoms with Gasteiger partial charge in [-0.2, -0.15) is 23.3 Å². The molecule has 1 aromatic carbocycles. The number of carbonyl (C=O) groups excluding carboxylic acids is 1. The molecule has 4 nitrogen and oxygen atoms in total. The molecule has 24 heavy (non-hydrogen) atoms. The molecule has 1 amide bonds. The van der Waals surface area contributed by atoms with Gasteiger partial charge in [0, 0.05) is 18.6 Å². The van der Waals surface area contributed by atoms with Crippen molar-refractivity contribution in [1.82, 2.24) is 5.01 Å². The van der Waals surface area contributed by atoms with E-state index in [2.05, 4.69) is 5.10 Å². The molecule has 0 aliphatic carbocycles. The van der Waals surface area contributed by atoms with Crippen LogP contribution in [0.4, 0.5) is 13.2 Å². The van der Waals surface area contributed by atoms with Crippen LogP contribution in [0.3, 0.4) is 0 Å². The second kappa shape index (κ2) is 7.34. The minimum Gasteiger partial charge on any atom is -0.362 e. The summed E-state index contributed by atoms with van der Waals surface area (Å²) in [5, 5.41) is 14.0. The second-order valence-corrected chi connectivity index (χ2v) is 5.95. The molecule has 2 rings (SSSR count). The summed E-state index contributed by atoms with van der Waals surface area (Å²) in [5.41, 5.74) is -2.01. The summed E-state index contributed by atoms with van der Waals surface area (Å²) in [6, 6.07) is 9.38. The highest BCUT2D eigenvalue weighted by Crippen LogP contribution is 2.41. The predicted molar refractivity (Wildman–Crippen MR) is 84.2 cm³/mol. The Hall–Kier alpha value is -1.89. The van der Waals surface area contributed by atoms with Crippen LogP contribution in [0, 0.1) is 0 Å². The molecule has 0 unspecified atom stereocenters. The lowest BCUT2D eigenvalue weighted by atomic mass is 10.0. The molecule has 0 spiro atoms. The average molecular weight is 342 g/mol. The van der Waals surface area contributed by atoms with Gasteiger partial charge in [0.05, 0.1) is 0 Å². The number of hydrazone groups is 1. The Bertz CT molecular complexity index is 602. The molecule has 0 aromatic heterocycles. The van der Waals surface area contributed by atoms with Gasteiger partial charge in [0.15, 0.2) is 0 Å². The van der Waals surface area contributed by atoms with Gasteiger partial charge >= 0.3 is 6.18 Å². The molecule has 1 heterocycles. The smallest absolute Gasteiger partial charge is 0.362 e. The Morgan fingerprint density at radius 2 is 1.96 bits per heavy atom. The highest BCUT2D eigenvalue weighted by atomic mass is 19.4. The number of alkyl halides is 3. The molecule has 0 saturated carbocycles. The molecule has 1 aliphatic heterocycles. The van der Waals surface area contributed by atoms with Gasteiger partial charge in [0.25, 0.3) is 5.72 Å². The van der Waals surface area contributed by atoms with Gasteiger partial charge in [0.1, 0.15) is 0 Å². The summed E-state index contributed by atoms with van der Waals surface area (Å²) in [4.78, 5) is 12.2. The normalized spacial score (nSPS) is 21.0. The van der Waals surface area contributed by atoms with E-state index in [1.54, 1.807) is 6.92 Å². The molecule has 1 atom stereocenters. The van der Waals surface area contributed by atoms with Crippen LogP contribution >= 0.6 is 0 Å². The quantitative estimate of drug-likeness (QED) is 0.858. The topological polar surface area (TPSA) is 52.9 Å². The fraction of sp³-hybridized carbons (Fsp3) is 0.529. The third kappa shape index (κ3) is 3.95. The summed E-state index contributed by atoms with van der Waals surface area (Å²) >= 11 is 0. The molecule has 7 heteroatoms. The summed E-state index contributed by atoms with van der Waals surface area (Å²) in [5.74, 6) is -0.808. The highest BCUT2D eigenvalue weighted by Gasteiger charge is 2.62. The van der Waals surface area contributed by atoms with Gasteiger partial charge in [-0.3, -0.25) is 4.79 Å². The average Bonchev–Trinajstić information content (AvgIpc) is 2.86. The maximum atomic E-state index is 13.2. The van der Waals surface area contributed by atoms with Crippen LogP contribution < -0.4 is 0 Å². The number of benzene rings is 1. The molecule has 1 N–H and O–H groups in total. The maximum absolute atomic E-state index is 13.2. The van der Waals surface area contributed by atoms with E-state index >= 15 is 0 Å². The van der Waals surface area contributed by atoms with Crippen molar-refractivity contribution in [2.75, 3.05) is 0 Å². The van der Waals surface area contributed by atoms with Crippen LogP contribution in [0.1, 0.15) is 44.6 Å². The van der Waals surface area contributed by atoms with E-state index in [-0.39, 0.29) is 17.1 Å². The van der Waals surface area contributed by atoms with Crippen molar-refractivity contribution in [3.8, 4) is 0 Å². The fourth-order valence-corrected chi connectivity index (χ4v) is 2.72. The van der Waals surface area contributed by atoms with E-state index in [0.717, 1.165) is 5.56 Å². The van der Waals surface area contributed by atoms with Crippen molar-refractivity contribution in [2.45, 2.75) is 57.3 Å². The molecule has 0 radical (unpaired) electrons. The van der Waals surface area contributed by atoms with Crippen molar-refractivity contribution in [3.63, 3.8) is 0 Å². The van der Waals surface area contributed by atoms with Crippen molar-refractivity contribution in [2.24, 2.45) is 5.10 Å². The van der Waals surface area contributed by atoms with Crippen LogP contribution in [0.5, 0.6) is 0 Å². The lowest BCUT2D eigenvalue weighted by Crippen LogP contribution is -2.56. The van der Waals surface area contributed by atoms with Gasteiger partial charge in [-0.15, -0.1) is 0 Å². The second-order valence-electron chi connectivity index (χ2n) is 5.95. The summed E-state index contributed by atoms with van der Waals surface area (Å²) in [6.07, 6.45) is -3.82. The van der Waals surface area contributed by atoms with E-state index in [1.165, 1.54) is 0 Å². The number of halogens is 3. The Labute approximate surface area is 139 Å². The van der Waals surface area contributed by atoms with Gasteiger partial charge < -0.3 is 5.11 Å².